The molecule has 0 aliphatic rings. The lowest BCUT2D eigenvalue weighted by Crippen LogP contribution is -1.93. The summed E-state index contributed by atoms with van der Waals surface area (Å²) in [5.41, 5.74) is 1.12. The summed E-state index contributed by atoms with van der Waals surface area (Å²) in [4.78, 5) is 10.5. The number of methoxy groups -OCH3 is 1. The van der Waals surface area contributed by atoms with Gasteiger partial charge < -0.3 is 4.74 Å². The van der Waals surface area contributed by atoms with Gasteiger partial charge in [0.2, 0.25) is 0 Å². The second-order valence-electron chi connectivity index (χ2n) is 3.76. The van der Waals surface area contributed by atoms with Gasteiger partial charge in [0.25, 0.3) is 5.69 Å². The highest BCUT2D eigenvalue weighted by Gasteiger charge is 2.12. The molecule has 0 aromatic heterocycles. The molecule has 2 aromatic rings. The number of ether oxygens (including phenoxy) is 1. The predicted molar refractivity (Wildman–Crippen MR) is 72.1 cm³/mol. The largest absolute Gasteiger partial charge is 0.497 e. The summed E-state index contributed by atoms with van der Waals surface area (Å²) in [5, 5.41) is 10.9. The van der Waals surface area contributed by atoms with E-state index in [4.69, 9.17) is 4.74 Å². The summed E-state index contributed by atoms with van der Waals surface area (Å²) in [6.45, 7) is 0. The predicted octanol–water partition coefficient (Wildman–Crippen LogP) is 3.00. The number of benzene rings is 2. The van der Waals surface area contributed by atoms with Crippen LogP contribution in [0.1, 0.15) is 11.1 Å². The van der Waals surface area contributed by atoms with Gasteiger partial charge in [-0.25, -0.2) is 0 Å². The molecule has 4 heteroatoms. The summed E-state index contributed by atoms with van der Waals surface area (Å²) in [7, 11) is 1.51. The van der Waals surface area contributed by atoms with Gasteiger partial charge >= 0.3 is 0 Å². The molecule has 0 radical (unpaired) electrons. The van der Waals surface area contributed by atoms with Gasteiger partial charge in [0, 0.05) is 17.7 Å². The van der Waals surface area contributed by atoms with Crippen molar-refractivity contribution in [3.8, 4) is 17.6 Å². The van der Waals surface area contributed by atoms with Crippen molar-refractivity contribution >= 4 is 5.69 Å². The third-order valence-corrected chi connectivity index (χ3v) is 2.52. The SMILES string of the molecule is COc1ccc([N+](=O)[O-])c(C#Cc2ccccc2)c1. The van der Waals surface area contributed by atoms with E-state index in [9.17, 15) is 10.1 Å². The Bertz CT molecular complexity index is 654. The van der Waals surface area contributed by atoms with Crippen LogP contribution in [0.5, 0.6) is 5.75 Å². The lowest BCUT2D eigenvalue weighted by Gasteiger charge is -2.00. The molecule has 0 fully saturated rings. The van der Waals surface area contributed by atoms with Gasteiger partial charge in [-0.1, -0.05) is 30.0 Å². The zero-order valence-corrected chi connectivity index (χ0v) is 10.3. The van der Waals surface area contributed by atoms with Crippen LogP contribution in [-0.4, -0.2) is 12.0 Å². The van der Waals surface area contributed by atoms with E-state index in [0.717, 1.165) is 5.56 Å². The van der Waals surface area contributed by atoms with Crippen molar-refractivity contribution in [2.45, 2.75) is 0 Å². The minimum atomic E-state index is -0.450. The normalized spacial score (nSPS) is 9.32. The van der Waals surface area contributed by atoms with E-state index < -0.39 is 4.92 Å². The summed E-state index contributed by atoms with van der Waals surface area (Å²) in [5.74, 6) is 6.26. The van der Waals surface area contributed by atoms with E-state index in [1.807, 2.05) is 30.3 Å². The fourth-order valence-electron chi connectivity index (χ4n) is 1.56. The Labute approximate surface area is 110 Å². The molecule has 0 heterocycles. The summed E-state index contributed by atoms with van der Waals surface area (Å²) < 4.78 is 5.05. The zero-order valence-electron chi connectivity index (χ0n) is 10.3. The van der Waals surface area contributed by atoms with Crippen molar-refractivity contribution < 1.29 is 9.66 Å². The molecular weight excluding hydrogens is 242 g/mol. The Balaban J connectivity index is 2.44. The van der Waals surface area contributed by atoms with E-state index in [2.05, 4.69) is 11.8 Å². The molecule has 0 saturated carbocycles. The number of hydrogen-bond acceptors (Lipinski definition) is 3. The Morgan fingerprint density at radius 3 is 2.47 bits per heavy atom. The Kier molecular flexibility index (Phi) is 3.79. The minimum absolute atomic E-state index is 0.0239. The molecule has 19 heavy (non-hydrogen) atoms. The molecule has 0 spiro atoms. The van der Waals surface area contributed by atoms with Crippen LogP contribution >= 0.6 is 0 Å². The first-order valence-electron chi connectivity index (χ1n) is 5.60. The van der Waals surface area contributed by atoms with Gasteiger partial charge in [0.1, 0.15) is 11.3 Å². The van der Waals surface area contributed by atoms with Crippen molar-refractivity contribution in [1.29, 1.82) is 0 Å². The van der Waals surface area contributed by atoms with Crippen LogP contribution in [0.25, 0.3) is 0 Å². The summed E-state index contributed by atoms with van der Waals surface area (Å²) >= 11 is 0. The zero-order chi connectivity index (χ0) is 13.7. The highest BCUT2D eigenvalue weighted by molar-refractivity contribution is 5.56. The van der Waals surface area contributed by atoms with Crippen molar-refractivity contribution in [2.24, 2.45) is 0 Å². The van der Waals surface area contributed by atoms with Gasteiger partial charge in [-0.3, -0.25) is 10.1 Å². The lowest BCUT2D eigenvalue weighted by atomic mass is 10.1. The van der Waals surface area contributed by atoms with Gasteiger partial charge in [-0.05, 0) is 18.2 Å². The number of nitro groups is 1. The number of rotatable bonds is 2. The Hall–Kier alpha value is -2.80. The van der Waals surface area contributed by atoms with E-state index in [1.54, 1.807) is 12.1 Å². The first kappa shape index (κ1) is 12.7. The number of hydrogen-bond donors (Lipinski definition) is 0. The highest BCUT2D eigenvalue weighted by Crippen LogP contribution is 2.23. The van der Waals surface area contributed by atoms with E-state index in [1.165, 1.54) is 13.2 Å². The van der Waals surface area contributed by atoms with Crippen LogP contribution in [0.4, 0.5) is 5.69 Å². The molecule has 0 unspecified atom stereocenters. The quantitative estimate of drug-likeness (QED) is 0.469. The number of nitrogens with zero attached hydrogens (tertiary/aromatic N) is 1. The molecule has 2 aromatic carbocycles. The minimum Gasteiger partial charge on any atom is -0.497 e. The van der Waals surface area contributed by atoms with Crippen molar-refractivity contribution in [3.63, 3.8) is 0 Å². The maximum atomic E-state index is 10.9. The van der Waals surface area contributed by atoms with Gasteiger partial charge in [-0.15, -0.1) is 0 Å². The van der Waals surface area contributed by atoms with Gasteiger partial charge in [-0.2, -0.15) is 0 Å². The molecular formula is C15H11NO3. The van der Waals surface area contributed by atoms with Crippen LogP contribution in [0, 0.1) is 22.0 Å². The highest BCUT2D eigenvalue weighted by atomic mass is 16.6. The lowest BCUT2D eigenvalue weighted by molar-refractivity contribution is -0.385. The average molecular weight is 253 g/mol. The second-order valence-corrected chi connectivity index (χ2v) is 3.76. The average Bonchev–Trinajstić information content (AvgIpc) is 2.45. The Morgan fingerprint density at radius 2 is 1.84 bits per heavy atom. The monoisotopic (exact) mass is 253 g/mol. The summed E-state index contributed by atoms with van der Waals surface area (Å²) in [6, 6.07) is 13.8. The van der Waals surface area contributed by atoms with Gasteiger partial charge in [0.15, 0.2) is 0 Å². The molecule has 0 atom stereocenters. The van der Waals surface area contributed by atoms with Crippen LogP contribution in [0.3, 0.4) is 0 Å². The standard InChI is InChI=1S/C15H11NO3/c1-19-14-9-10-15(16(17)18)13(11-14)8-7-12-5-3-2-4-6-12/h2-6,9-11H,1H3. The van der Waals surface area contributed by atoms with Crippen LogP contribution in [-0.2, 0) is 0 Å². The maximum absolute atomic E-state index is 10.9. The number of nitro benzene ring substituents is 1. The fraction of sp³-hybridized carbons (Fsp3) is 0.0667. The van der Waals surface area contributed by atoms with Crippen LogP contribution < -0.4 is 4.74 Å². The van der Waals surface area contributed by atoms with Crippen LogP contribution in [0.15, 0.2) is 48.5 Å². The first-order valence-corrected chi connectivity index (χ1v) is 5.60. The first-order chi connectivity index (χ1) is 9.20. The fourth-order valence-corrected chi connectivity index (χ4v) is 1.56. The molecule has 0 aliphatic carbocycles. The summed E-state index contributed by atoms with van der Waals surface area (Å²) in [6.07, 6.45) is 0. The van der Waals surface area contributed by atoms with Gasteiger partial charge in [0.05, 0.1) is 12.0 Å². The van der Waals surface area contributed by atoms with Crippen LogP contribution in [0.2, 0.25) is 0 Å². The van der Waals surface area contributed by atoms with Crippen molar-refractivity contribution in [2.75, 3.05) is 7.11 Å². The van der Waals surface area contributed by atoms with Crippen molar-refractivity contribution in [1.82, 2.24) is 0 Å². The van der Waals surface area contributed by atoms with E-state index >= 15 is 0 Å². The third kappa shape index (κ3) is 3.11. The van der Waals surface area contributed by atoms with E-state index in [-0.39, 0.29) is 5.69 Å². The molecule has 0 N–H and O–H groups in total. The molecule has 0 amide bonds. The third-order valence-electron chi connectivity index (χ3n) is 2.52. The Morgan fingerprint density at radius 1 is 1.11 bits per heavy atom. The van der Waals surface area contributed by atoms with Crippen molar-refractivity contribution in [3.05, 3.63) is 69.8 Å². The molecule has 4 nitrogen and oxygen atoms in total. The second kappa shape index (κ2) is 5.69. The molecule has 2 rings (SSSR count). The topological polar surface area (TPSA) is 52.4 Å². The molecule has 0 saturated heterocycles. The molecule has 0 bridgehead atoms. The molecule has 0 aliphatic heterocycles. The molecule has 94 valence electrons. The van der Waals surface area contributed by atoms with E-state index in [0.29, 0.717) is 11.3 Å². The maximum Gasteiger partial charge on any atom is 0.285 e. The smallest absolute Gasteiger partial charge is 0.285 e.